The molecule has 0 bridgehead atoms. The van der Waals surface area contributed by atoms with E-state index in [4.69, 9.17) is 5.11 Å². The van der Waals surface area contributed by atoms with Gasteiger partial charge in [-0.3, -0.25) is 0 Å². The average Bonchev–Trinajstić information content (AvgIpc) is 2.30. The number of carboxylic acids is 1. The molecule has 0 amide bonds. The Morgan fingerprint density at radius 3 is 2.62 bits per heavy atom. The maximum atomic E-state index is 10.7. The Morgan fingerprint density at radius 1 is 1.38 bits per heavy atom. The molecule has 0 spiro atoms. The van der Waals surface area contributed by atoms with Crippen LogP contribution in [0, 0.1) is 13.1 Å². The Labute approximate surface area is 94.1 Å². The molecule has 0 aliphatic carbocycles. The molecule has 2 rings (SSSR count). The van der Waals surface area contributed by atoms with Gasteiger partial charge in [0.05, 0.1) is 5.69 Å². The molecule has 85 valence electrons. The van der Waals surface area contributed by atoms with E-state index < -0.39 is 5.97 Å². The van der Waals surface area contributed by atoms with Crippen molar-refractivity contribution in [1.82, 2.24) is 9.97 Å². The minimum absolute atomic E-state index is 0.113. The largest absolute Gasteiger partial charge is 0.476 e. The van der Waals surface area contributed by atoms with E-state index in [0.29, 0.717) is 5.69 Å². The van der Waals surface area contributed by atoms with Crippen molar-refractivity contribution in [2.24, 2.45) is 0 Å². The van der Waals surface area contributed by atoms with Crippen molar-refractivity contribution >= 4 is 11.8 Å². The fraction of sp³-hybridized carbons (Fsp3) is 0.545. The summed E-state index contributed by atoms with van der Waals surface area (Å²) in [4.78, 5) is 20.9. The van der Waals surface area contributed by atoms with Crippen molar-refractivity contribution in [2.45, 2.75) is 26.2 Å². The lowest BCUT2D eigenvalue weighted by molar-refractivity contribution is 0.0689. The summed E-state index contributed by atoms with van der Waals surface area (Å²) in [6.45, 7) is 3.72. The van der Waals surface area contributed by atoms with E-state index in [1.165, 1.54) is 6.42 Å². The topological polar surface area (TPSA) is 66.3 Å². The van der Waals surface area contributed by atoms with E-state index >= 15 is 0 Å². The molecule has 5 heteroatoms. The molecule has 1 aromatic heterocycles. The van der Waals surface area contributed by atoms with Crippen molar-refractivity contribution in [2.75, 3.05) is 18.0 Å². The predicted molar refractivity (Wildman–Crippen MR) is 58.6 cm³/mol. The highest BCUT2D eigenvalue weighted by Gasteiger charge is 2.16. The van der Waals surface area contributed by atoms with Crippen molar-refractivity contribution < 1.29 is 9.90 Å². The van der Waals surface area contributed by atoms with Gasteiger partial charge in [-0.05, 0) is 26.2 Å². The molecule has 16 heavy (non-hydrogen) atoms. The second kappa shape index (κ2) is 4.47. The minimum atomic E-state index is -1.08. The number of anilines is 1. The van der Waals surface area contributed by atoms with Crippen LogP contribution in [0.2, 0.25) is 0 Å². The summed E-state index contributed by atoms with van der Waals surface area (Å²) < 4.78 is 0. The molecule has 0 saturated carbocycles. The number of nitrogens with zero attached hydrogens (tertiary/aromatic N) is 3. The summed E-state index contributed by atoms with van der Waals surface area (Å²) in [5.41, 5.74) is 0.552. The zero-order valence-electron chi connectivity index (χ0n) is 9.23. The first-order chi connectivity index (χ1) is 7.68. The van der Waals surface area contributed by atoms with Crippen molar-refractivity contribution in [1.29, 1.82) is 0 Å². The van der Waals surface area contributed by atoms with Crippen LogP contribution in [0.25, 0.3) is 0 Å². The molecule has 1 aromatic rings. The molecule has 1 fully saturated rings. The van der Waals surface area contributed by atoms with E-state index in [1.807, 2.05) is 0 Å². The summed E-state index contributed by atoms with van der Waals surface area (Å²) in [6, 6.07) is 0. The minimum Gasteiger partial charge on any atom is -0.476 e. The smallest absolute Gasteiger partial charge is 0.356 e. The molecular formula is C11H14N3O2. The maximum absolute atomic E-state index is 10.7. The lowest BCUT2D eigenvalue weighted by Gasteiger charge is -2.28. The molecule has 2 heterocycles. The third kappa shape index (κ3) is 2.13. The molecule has 1 aliphatic heterocycles. The first-order valence-electron chi connectivity index (χ1n) is 5.43. The zero-order chi connectivity index (χ0) is 11.5. The van der Waals surface area contributed by atoms with Gasteiger partial charge < -0.3 is 10.0 Å². The highest BCUT2D eigenvalue weighted by atomic mass is 16.4. The maximum Gasteiger partial charge on any atom is 0.356 e. The predicted octanol–water partition coefficient (Wildman–Crippen LogP) is 1.27. The van der Waals surface area contributed by atoms with Gasteiger partial charge in [-0.15, -0.1) is 0 Å². The molecule has 1 saturated heterocycles. The number of carboxylic acid groups (broad SMARTS) is 1. The Bertz CT molecular complexity index is 400. The zero-order valence-corrected chi connectivity index (χ0v) is 9.23. The first kappa shape index (κ1) is 10.9. The fourth-order valence-electron chi connectivity index (χ4n) is 1.93. The van der Waals surface area contributed by atoms with Crippen LogP contribution >= 0.6 is 0 Å². The van der Waals surface area contributed by atoms with Crippen LogP contribution in [-0.2, 0) is 0 Å². The van der Waals surface area contributed by atoms with Gasteiger partial charge >= 0.3 is 5.97 Å². The molecule has 1 aliphatic rings. The summed E-state index contributed by atoms with van der Waals surface area (Å²) in [6.07, 6.45) is 6.03. The Kier molecular flexibility index (Phi) is 3.03. The third-order valence-electron chi connectivity index (χ3n) is 2.73. The van der Waals surface area contributed by atoms with Crippen LogP contribution in [0.15, 0.2) is 0 Å². The number of piperidine rings is 1. The van der Waals surface area contributed by atoms with Crippen LogP contribution in [0.5, 0.6) is 0 Å². The standard InChI is InChI=1S/C11H14N3O2/c1-8-10(14-5-3-2-4-6-14)12-7-9(13-8)11(15)16/h2-6H2,1H3,(H,15,16). The van der Waals surface area contributed by atoms with Gasteiger partial charge in [-0.25, -0.2) is 14.8 Å². The number of rotatable bonds is 2. The van der Waals surface area contributed by atoms with E-state index in [-0.39, 0.29) is 5.69 Å². The number of hydrogen-bond acceptors (Lipinski definition) is 4. The Hall–Kier alpha value is -1.65. The second-order valence-corrected chi connectivity index (χ2v) is 3.95. The fourth-order valence-corrected chi connectivity index (χ4v) is 1.93. The SMILES string of the molecule is Cc1nc(C(=O)O)[c]nc1N1CCCCC1. The van der Waals surface area contributed by atoms with Crippen LogP contribution in [0.3, 0.4) is 0 Å². The average molecular weight is 220 g/mol. The number of aromatic carboxylic acids is 1. The van der Waals surface area contributed by atoms with Gasteiger partial charge in [-0.1, -0.05) is 0 Å². The van der Waals surface area contributed by atoms with E-state index in [2.05, 4.69) is 21.1 Å². The van der Waals surface area contributed by atoms with Gasteiger partial charge in [0.25, 0.3) is 0 Å². The lowest BCUT2D eigenvalue weighted by atomic mass is 10.1. The summed E-state index contributed by atoms with van der Waals surface area (Å²) >= 11 is 0. The van der Waals surface area contributed by atoms with Gasteiger partial charge in [0.1, 0.15) is 6.20 Å². The highest BCUT2D eigenvalue weighted by Crippen LogP contribution is 2.19. The molecule has 1 radical (unpaired) electrons. The van der Waals surface area contributed by atoms with Crippen LogP contribution < -0.4 is 4.90 Å². The Balaban J connectivity index is 2.24. The van der Waals surface area contributed by atoms with E-state index in [1.54, 1.807) is 6.92 Å². The van der Waals surface area contributed by atoms with Gasteiger partial charge in [0, 0.05) is 13.1 Å². The lowest BCUT2D eigenvalue weighted by Crippen LogP contribution is -2.31. The first-order valence-corrected chi connectivity index (χ1v) is 5.43. The Morgan fingerprint density at radius 2 is 2.06 bits per heavy atom. The number of carbonyl (C=O) groups is 1. The van der Waals surface area contributed by atoms with E-state index in [0.717, 1.165) is 31.7 Å². The second-order valence-electron chi connectivity index (χ2n) is 3.95. The number of hydrogen-bond donors (Lipinski definition) is 1. The molecule has 0 aromatic carbocycles. The molecule has 0 atom stereocenters. The summed E-state index contributed by atoms with van der Waals surface area (Å²) in [7, 11) is 0. The molecule has 5 nitrogen and oxygen atoms in total. The number of aromatic nitrogens is 2. The monoisotopic (exact) mass is 220 g/mol. The van der Waals surface area contributed by atoms with Crippen LogP contribution in [0.1, 0.15) is 35.4 Å². The highest BCUT2D eigenvalue weighted by molar-refractivity contribution is 5.84. The molecular weight excluding hydrogens is 206 g/mol. The van der Waals surface area contributed by atoms with Gasteiger partial charge in [-0.2, -0.15) is 0 Å². The van der Waals surface area contributed by atoms with Crippen molar-refractivity contribution in [3.05, 3.63) is 17.6 Å². The summed E-state index contributed by atoms with van der Waals surface area (Å²) in [5, 5.41) is 8.76. The molecule has 0 unspecified atom stereocenters. The van der Waals surface area contributed by atoms with E-state index in [9.17, 15) is 4.79 Å². The number of aryl methyl sites for hydroxylation is 1. The van der Waals surface area contributed by atoms with Crippen LogP contribution in [0.4, 0.5) is 5.82 Å². The normalized spacial score (nSPS) is 16.2. The van der Waals surface area contributed by atoms with Gasteiger partial charge in [0.2, 0.25) is 0 Å². The van der Waals surface area contributed by atoms with Gasteiger partial charge in [0.15, 0.2) is 11.5 Å². The van der Waals surface area contributed by atoms with Crippen molar-refractivity contribution in [3.63, 3.8) is 0 Å². The quantitative estimate of drug-likeness (QED) is 0.813. The third-order valence-corrected chi connectivity index (χ3v) is 2.73. The van der Waals surface area contributed by atoms with Crippen molar-refractivity contribution in [3.8, 4) is 0 Å². The summed E-state index contributed by atoms with van der Waals surface area (Å²) in [5.74, 6) is -0.314. The molecule has 1 N–H and O–H groups in total. The van der Waals surface area contributed by atoms with Crippen LogP contribution in [-0.4, -0.2) is 34.1 Å².